The van der Waals surface area contributed by atoms with E-state index in [1.807, 2.05) is 60.9 Å². The molecule has 0 aliphatic rings. The molecule has 0 aliphatic carbocycles. The van der Waals surface area contributed by atoms with Crippen LogP contribution in [0, 0.1) is 0 Å². The molecule has 0 aromatic heterocycles. The number of benzene rings is 2. The zero-order valence-corrected chi connectivity index (χ0v) is 13.0. The van der Waals surface area contributed by atoms with Crippen LogP contribution in [0.3, 0.4) is 0 Å². The number of rotatable bonds is 5. The maximum Gasteiger partial charge on any atom is 0.209 e. The Labute approximate surface area is 124 Å². The topological polar surface area (TPSA) is 46.2 Å². The van der Waals surface area contributed by atoms with Crippen molar-refractivity contribution in [3.63, 3.8) is 0 Å². The maximum absolute atomic E-state index is 11.6. The molecule has 0 bridgehead atoms. The molecule has 0 fully saturated rings. The average molecular weight is 307 g/mol. The van der Waals surface area contributed by atoms with E-state index in [0.29, 0.717) is 0 Å². The predicted octanol–water partition coefficient (Wildman–Crippen LogP) is 3.05. The first kappa shape index (κ1) is 15.1. The lowest BCUT2D eigenvalue weighted by Crippen LogP contribution is -2.28. The van der Waals surface area contributed by atoms with E-state index in [0.717, 1.165) is 16.0 Å². The number of sulfonamides is 1. The van der Waals surface area contributed by atoms with Crippen molar-refractivity contribution >= 4 is 21.8 Å². The van der Waals surface area contributed by atoms with E-state index in [-0.39, 0.29) is 6.04 Å². The number of nitrogens with one attached hydrogen (secondary N) is 1. The molecule has 0 amide bonds. The maximum atomic E-state index is 11.6. The van der Waals surface area contributed by atoms with E-state index < -0.39 is 10.0 Å². The Morgan fingerprint density at radius 3 is 2.00 bits per heavy atom. The Kier molecular flexibility index (Phi) is 4.86. The van der Waals surface area contributed by atoms with E-state index in [9.17, 15) is 8.42 Å². The van der Waals surface area contributed by atoms with Gasteiger partial charge in [-0.2, -0.15) is 0 Å². The normalized spacial score (nSPS) is 13.1. The van der Waals surface area contributed by atoms with E-state index in [1.54, 1.807) is 11.8 Å². The van der Waals surface area contributed by atoms with E-state index in [2.05, 4.69) is 4.72 Å². The Hall–Kier alpha value is -1.30. The summed E-state index contributed by atoms with van der Waals surface area (Å²) in [5.74, 6) is 0. The lowest BCUT2D eigenvalue weighted by molar-refractivity contribution is 0.578. The monoisotopic (exact) mass is 307 g/mol. The van der Waals surface area contributed by atoms with Crippen LogP contribution >= 0.6 is 11.8 Å². The molecule has 0 saturated heterocycles. The predicted molar refractivity (Wildman–Crippen MR) is 84.5 cm³/mol. The molecule has 0 aliphatic heterocycles. The summed E-state index contributed by atoms with van der Waals surface area (Å²) >= 11 is 1.66. The third-order valence-corrected chi connectivity index (χ3v) is 4.32. The van der Waals surface area contributed by atoms with Crippen LogP contribution in [0.1, 0.15) is 17.2 Å². The van der Waals surface area contributed by atoms with Crippen molar-refractivity contribution in [3.8, 4) is 0 Å². The quantitative estimate of drug-likeness (QED) is 0.864. The van der Waals surface area contributed by atoms with Gasteiger partial charge in [-0.3, -0.25) is 0 Å². The highest BCUT2D eigenvalue weighted by Crippen LogP contribution is 2.25. The molecular formula is C15H17NO2S2. The number of thioether (sulfide) groups is 1. The van der Waals surface area contributed by atoms with Gasteiger partial charge in [-0.25, -0.2) is 13.1 Å². The third-order valence-electron chi connectivity index (χ3n) is 2.91. The number of hydrogen-bond acceptors (Lipinski definition) is 3. The molecule has 2 rings (SSSR count). The second kappa shape index (κ2) is 6.43. The van der Waals surface area contributed by atoms with Crippen molar-refractivity contribution < 1.29 is 8.42 Å². The molecule has 106 valence electrons. The van der Waals surface area contributed by atoms with Crippen LogP contribution < -0.4 is 4.72 Å². The first-order valence-corrected chi connectivity index (χ1v) is 9.27. The SMILES string of the molecule is CSc1ccc(C(NS(C)(=O)=O)c2ccccc2)cc1. The van der Waals surface area contributed by atoms with Crippen LogP contribution in [-0.4, -0.2) is 20.9 Å². The molecule has 0 heterocycles. The molecule has 0 saturated carbocycles. The van der Waals surface area contributed by atoms with Crippen molar-refractivity contribution in [2.24, 2.45) is 0 Å². The van der Waals surface area contributed by atoms with E-state index >= 15 is 0 Å². The molecule has 2 aromatic carbocycles. The van der Waals surface area contributed by atoms with Gasteiger partial charge in [0, 0.05) is 4.90 Å². The van der Waals surface area contributed by atoms with Crippen molar-refractivity contribution in [3.05, 3.63) is 65.7 Å². The minimum Gasteiger partial charge on any atom is -0.213 e. The van der Waals surface area contributed by atoms with Crippen LogP contribution in [0.25, 0.3) is 0 Å². The molecule has 2 aromatic rings. The van der Waals surface area contributed by atoms with Crippen LogP contribution in [-0.2, 0) is 10.0 Å². The standard InChI is InChI=1S/C15H17NO2S2/c1-19-14-10-8-13(9-11-14)15(16-20(2,17)18)12-6-4-3-5-7-12/h3-11,15-16H,1-2H3. The Morgan fingerprint density at radius 1 is 0.950 bits per heavy atom. The van der Waals surface area contributed by atoms with Gasteiger partial charge in [0.1, 0.15) is 0 Å². The minimum atomic E-state index is -3.29. The zero-order chi connectivity index (χ0) is 14.6. The fourth-order valence-electron chi connectivity index (χ4n) is 1.98. The molecule has 1 unspecified atom stereocenters. The molecular weight excluding hydrogens is 290 g/mol. The zero-order valence-electron chi connectivity index (χ0n) is 11.4. The van der Waals surface area contributed by atoms with Crippen molar-refractivity contribution in [1.29, 1.82) is 0 Å². The van der Waals surface area contributed by atoms with Crippen molar-refractivity contribution in [2.75, 3.05) is 12.5 Å². The fraction of sp³-hybridized carbons (Fsp3) is 0.200. The summed E-state index contributed by atoms with van der Waals surface area (Å²) in [6.45, 7) is 0. The number of hydrogen-bond donors (Lipinski definition) is 1. The van der Waals surface area contributed by atoms with Gasteiger partial charge in [-0.05, 0) is 29.5 Å². The molecule has 5 heteroatoms. The van der Waals surface area contributed by atoms with Gasteiger partial charge >= 0.3 is 0 Å². The summed E-state index contributed by atoms with van der Waals surface area (Å²) in [6, 6.07) is 17.1. The van der Waals surface area contributed by atoms with Gasteiger partial charge in [-0.1, -0.05) is 42.5 Å². The van der Waals surface area contributed by atoms with Gasteiger partial charge in [0.2, 0.25) is 10.0 Å². The minimum absolute atomic E-state index is 0.359. The van der Waals surface area contributed by atoms with Crippen LogP contribution in [0.2, 0.25) is 0 Å². The van der Waals surface area contributed by atoms with Crippen LogP contribution in [0.15, 0.2) is 59.5 Å². The first-order chi connectivity index (χ1) is 9.49. The van der Waals surface area contributed by atoms with Crippen LogP contribution in [0.5, 0.6) is 0 Å². The van der Waals surface area contributed by atoms with Crippen LogP contribution in [0.4, 0.5) is 0 Å². The largest absolute Gasteiger partial charge is 0.213 e. The lowest BCUT2D eigenvalue weighted by atomic mass is 10.00. The van der Waals surface area contributed by atoms with Crippen molar-refractivity contribution in [2.45, 2.75) is 10.9 Å². The van der Waals surface area contributed by atoms with E-state index in [1.165, 1.54) is 6.26 Å². The van der Waals surface area contributed by atoms with Gasteiger partial charge in [-0.15, -0.1) is 11.8 Å². The Morgan fingerprint density at radius 2 is 1.50 bits per heavy atom. The highest BCUT2D eigenvalue weighted by atomic mass is 32.2. The fourth-order valence-corrected chi connectivity index (χ4v) is 3.09. The smallest absolute Gasteiger partial charge is 0.209 e. The summed E-state index contributed by atoms with van der Waals surface area (Å²) in [7, 11) is -3.29. The molecule has 20 heavy (non-hydrogen) atoms. The third kappa shape index (κ3) is 4.10. The average Bonchev–Trinajstić information content (AvgIpc) is 2.45. The second-order valence-corrected chi connectivity index (χ2v) is 7.17. The lowest BCUT2D eigenvalue weighted by Gasteiger charge is -2.18. The molecule has 0 spiro atoms. The summed E-state index contributed by atoms with van der Waals surface area (Å²) in [6.07, 6.45) is 3.19. The highest BCUT2D eigenvalue weighted by molar-refractivity contribution is 7.98. The summed E-state index contributed by atoms with van der Waals surface area (Å²) < 4.78 is 25.9. The highest BCUT2D eigenvalue weighted by Gasteiger charge is 2.17. The van der Waals surface area contributed by atoms with Gasteiger partial charge in [0.25, 0.3) is 0 Å². The van der Waals surface area contributed by atoms with E-state index in [4.69, 9.17) is 0 Å². The van der Waals surface area contributed by atoms with Gasteiger partial charge in [0.15, 0.2) is 0 Å². The summed E-state index contributed by atoms with van der Waals surface area (Å²) in [4.78, 5) is 1.15. The molecule has 1 atom stereocenters. The van der Waals surface area contributed by atoms with Gasteiger partial charge in [0.05, 0.1) is 12.3 Å². The summed E-state index contributed by atoms with van der Waals surface area (Å²) in [5, 5.41) is 0. The second-order valence-electron chi connectivity index (χ2n) is 4.51. The molecule has 1 N–H and O–H groups in total. The van der Waals surface area contributed by atoms with Crippen molar-refractivity contribution in [1.82, 2.24) is 4.72 Å². The van der Waals surface area contributed by atoms with Gasteiger partial charge < -0.3 is 0 Å². The Bertz CT molecular complexity index is 652. The Balaban J connectivity index is 2.40. The summed E-state index contributed by atoms with van der Waals surface area (Å²) in [5.41, 5.74) is 1.86. The molecule has 0 radical (unpaired) electrons. The first-order valence-electron chi connectivity index (χ1n) is 6.16. The molecule has 3 nitrogen and oxygen atoms in total.